The van der Waals surface area contributed by atoms with Crippen LogP contribution in [0, 0.1) is 0 Å². The van der Waals surface area contributed by atoms with Crippen molar-refractivity contribution >= 4 is 17.4 Å². The van der Waals surface area contributed by atoms with E-state index >= 15 is 0 Å². The molecule has 0 amide bonds. The van der Waals surface area contributed by atoms with E-state index in [2.05, 4.69) is 4.98 Å². The molecule has 0 atom stereocenters. The van der Waals surface area contributed by atoms with E-state index in [-0.39, 0.29) is 5.15 Å². The van der Waals surface area contributed by atoms with Crippen molar-refractivity contribution < 1.29 is 18.0 Å². The molecule has 1 heterocycles. The van der Waals surface area contributed by atoms with Gasteiger partial charge in [-0.05, 0) is 12.1 Å². The second-order valence-corrected chi connectivity index (χ2v) is 2.58. The minimum Gasteiger partial charge on any atom is -0.284 e. The van der Waals surface area contributed by atoms with Crippen LogP contribution in [0.4, 0.5) is 13.2 Å². The number of nitrogens with zero attached hydrogens (tertiary/aromatic N) is 1. The Bertz CT molecular complexity index is 337. The number of ketones is 1. The van der Waals surface area contributed by atoms with Crippen molar-refractivity contribution in [3.05, 3.63) is 29.0 Å². The molecule has 70 valence electrons. The molecule has 0 aromatic carbocycles. The number of rotatable bonds is 1. The Labute approximate surface area is 76.3 Å². The van der Waals surface area contributed by atoms with Crippen LogP contribution in [0.5, 0.6) is 0 Å². The third-order valence-corrected chi connectivity index (χ3v) is 1.45. The highest BCUT2D eigenvalue weighted by Crippen LogP contribution is 2.22. The van der Waals surface area contributed by atoms with Crippen molar-refractivity contribution in [3.8, 4) is 0 Å². The van der Waals surface area contributed by atoms with E-state index in [9.17, 15) is 18.0 Å². The average molecular weight is 210 g/mol. The normalized spacial score (nSPS) is 11.4. The number of halogens is 4. The first kappa shape index (κ1) is 9.98. The van der Waals surface area contributed by atoms with Crippen LogP contribution < -0.4 is 0 Å². The quantitative estimate of drug-likeness (QED) is 0.525. The third-order valence-electron chi connectivity index (χ3n) is 1.25. The van der Waals surface area contributed by atoms with E-state index in [0.717, 1.165) is 18.3 Å². The molecule has 0 aliphatic rings. The number of aromatic nitrogens is 1. The van der Waals surface area contributed by atoms with Crippen LogP contribution in [-0.4, -0.2) is 16.9 Å². The van der Waals surface area contributed by atoms with E-state index < -0.39 is 17.5 Å². The SMILES string of the molecule is O=C(c1ccnc(Cl)c1)C(F)(F)F. The summed E-state index contributed by atoms with van der Waals surface area (Å²) in [5.41, 5.74) is -0.507. The van der Waals surface area contributed by atoms with Gasteiger partial charge in [-0.15, -0.1) is 0 Å². The summed E-state index contributed by atoms with van der Waals surface area (Å²) in [5, 5.41) is -0.143. The van der Waals surface area contributed by atoms with Crippen molar-refractivity contribution in [1.82, 2.24) is 4.98 Å². The Balaban J connectivity index is 3.03. The number of hydrogen-bond acceptors (Lipinski definition) is 2. The van der Waals surface area contributed by atoms with E-state index in [1.54, 1.807) is 0 Å². The number of alkyl halides is 3. The van der Waals surface area contributed by atoms with Crippen molar-refractivity contribution in [2.45, 2.75) is 6.18 Å². The van der Waals surface area contributed by atoms with Crippen molar-refractivity contribution in [1.29, 1.82) is 0 Å². The lowest BCUT2D eigenvalue weighted by Gasteiger charge is -2.04. The topological polar surface area (TPSA) is 30.0 Å². The second-order valence-electron chi connectivity index (χ2n) is 2.19. The van der Waals surface area contributed by atoms with Gasteiger partial charge in [0.15, 0.2) is 0 Å². The zero-order valence-electron chi connectivity index (χ0n) is 6.10. The molecule has 0 radical (unpaired) electrons. The molecule has 0 aliphatic carbocycles. The molecule has 0 saturated heterocycles. The van der Waals surface area contributed by atoms with Gasteiger partial charge >= 0.3 is 6.18 Å². The first-order valence-corrected chi connectivity index (χ1v) is 3.52. The van der Waals surface area contributed by atoms with Gasteiger partial charge in [-0.25, -0.2) is 4.98 Å². The van der Waals surface area contributed by atoms with Gasteiger partial charge in [-0.1, -0.05) is 11.6 Å². The van der Waals surface area contributed by atoms with Crippen LogP contribution in [0.1, 0.15) is 10.4 Å². The lowest BCUT2D eigenvalue weighted by molar-refractivity contribution is -0.0885. The Hall–Kier alpha value is -1.10. The van der Waals surface area contributed by atoms with Crippen LogP contribution in [0.3, 0.4) is 0 Å². The molecule has 1 rings (SSSR count). The molecule has 0 unspecified atom stereocenters. The van der Waals surface area contributed by atoms with E-state index in [1.807, 2.05) is 0 Å². The third kappa shape index (κ3) is 2.42. The molecule has 2 nitrogen and oxygen atoms in total. The van der Waals surface area contributed by atoms with Gasteiger partial charge in [0, 0.05) is 11.8 Å². The van der Waals surface area contributed by atoms with Gasteiger partial charge in [-0.3, -0.25) is 4.79 Å². The van der Waals surface area contributed by atoms with E-state index in [4.69, 9.17) is 11.6 Å². The Morgan fingerprint density at radius 3 is 2.54 bits per heavy atom. The zero-order valence-corrected chi connectivity index (χ0v) is 6.86. The molecule has 0 saturated carbocycles. The summed E-state index contributed by atoms with van der Waals surface area (Å²) < 4.78 is 35.6. The molecule has 1 aromatic heterocycles. The highest BCUT2D eigenvalue weighted by molar-refractivity contribution is 6.29. The lowest BCUT2D eigenvalue weighted by Crippen LogP contribution is -2.22. The number of pyridine rings is 1. The monoisotopic (exact) mass is 209 g/mol. The maximum atomic E-state index is 11.9. The minimum atomic E-state index is -4.87. The number of carbonyl (C=O) groups excluding carboxylic acids is 1. The van der Waals surface area contributed by atoms with Crippen LogP contribution in [0.15, 0.2) is 18.3 Å². The maximum absolute atomic E-state index is 11.9. The first-order chi connectivity index (χ1) is 5.91. The average Bonchev–Trinajstić information content (AvgIpc) is 2.01. The number of hydrogen-bond donors (Lipinski definition) is 0. The predicted molar refractivity (Wildman–Crippen MR) is 39.6 cm³/mol. The highest BCUT2D eigenvalue weighted by atomic mass is 35.5. The molecule has 0 spiro atoms. The highest BCUT2D eigenvalue weighted by Gasteiger charge is 2.39. The van der Waals surface area contributed by atoms with Crippen LogP contribution in [0.25, 0.3) is 0 Å². The fraction of sp³-hybridized carbons (Fsp3) is 0.143. The first-order valence-electron chi connectivity index (χ1n) is 3.14. The molecule has 13 heavy (non-hydrogen) atoms. The summed E-state index contributed by atoms with van der Waals surface area (Å²) in [5.74, 6) is -1.92. The summed E-state index contributed by atoms with van der Waals surface area (Å²) in [4.78, 5) is 14.1. The van der Waals surface area contributed by atoms with Gasteiger partial charge in [0.05, 0.1) is 0 Å². The summed E-state index contributed by atoms with van der Waals surface area (Å²) in [6.45, 7) is 0. The minimum absolute atomic E-state index is 0.143. The van der Waals surface area contributed by atoms with Gasteiger partial charge in [0.2, 0.25) is 0 Å². The molecule has 6 heteroatoms. The Morgan fingerprint density at radius 1 is 1.46 bits per heavy atom. The molecular weight excluding hydrogens is 207 g/mol. The fourth-order valence-corrected chi connectivity index (χ4v) is 0.881. The van der Waals surface area contributed by atoms with Crippen LogP contribution in [-0.2, 0) is 0 Å². The Kier molecular flexibility index (Phi) is 2.56. The lowest BCUT2D eigenvalue weighted by atomic mass is 10.2. The summed E-state index contributed by atoms with van der Waals surface area (Å²) in [6, 6.07) is 1.83. The molecule has 0 N–H and O–H groups in total. The number of carbonyl (C=O) groups is 1. The van der Waals surface area contributed by atoms with Crippen molar-refractivity contribution in [2.24, 2.45) is 0 Å². The molecule has 0 aliphatic heterocycles. The van der Waals surface area contributed by atoms with Gasteiger partial charge in [0.25, 0.3) is 5.78 Å². The van der Waals surface area contributed by atoms with E-state index in [0.29, 0.717) is 0 Å². The summed E-state index contributed by atoms with van der Waals surface area (Å²) in [6.07, 6.45) is -3.83. The van der Waals surface area contributed by atoms with Crippen molar-refractivity contribution in [3.63, 3.8) is 0 Å². The second kappa shape index (κ2) is 3.33. The van der Waals surface area contributed by atoms with Crippen LogP contribution in [0.2, 0.25) is 5.15 Å². The predicted octanol–water partition coefficient (Wildman–Crippen LogP) is 2.48. The number of Topliss-reactive ketones (excluding diaryl/α,β-unsaturated/α-hetero) is 1. The maximum Gasteiger partial charge on any atom is 0.454 e. The smallest absolute Gasteiger partial charge is 0.284 e. The molecule has 0 bridgehead atoms. The fourth-order valence-electron chi connectivity index (χ4n) is 0.707. The zero-order chi connectivity index (χ0) is 10.1. The van der Waals surface area contributed by atoms with Gasteiger partial charge < -0.3 is 0 Å². The van der Waals surface area contributed by atoms with E-state index in [1.165, 1.54) is 0 Å². The Morgan fingerprint density at radius 2 is 2.08 bits per heavy atom. The van der Waals surface area contributed by atoms with Gasteiger partial charge in [0.1, 0.15) is 5.15 Å². The largest absolute Gasteiger partial charge is 0.454 e. The van der Waals surface area contributed by atoms with Crippen molar-refractivity contribution in [2.75, 3.05) is 0 Å². The standard InChI is InChI=1S/C7H3ClF3NO/c8-5-3-4(1-2-12-5)6(13)7(9,10)11/h1-3H. The molecular formula is C7H3ClF3NO. The molecule has 1 aromatic rings. The van der Waals surface area contributed by atoms with Gasteiger partial charge in [-0.2, -0.15) is 13.2 Å². The van der Waals surface area contributed by atoms with Crippen LogP contribution >= 0.6 is 11.6 Å². The molecule has 0 fully saturated rings. The summed E-state index contributed by atoms with van der Waals surface area (Å²) >= 11 is 5.31. The summed E-state index contributed by atoms with van der Waals surface area (Å²) in [7, 11) is 0.